The average Bonchev–Trinajstić information content (AvgIpc) is 2.30. The predicted octanol–water partition coefficient (Wildman–Crippen LogP) is 1.64. The zero-order valence-corrected chi connectivity index (χ0v) is 9.89. The maximum atomic E-state index is 5.97. The summed E-state index contributed by atoms with van der Waals surface area (Å²) in [5.74, 6) is 0.657. The molecule has 0 aromatic rings. The Labute approximate surface area is 97.3 Å². The first-order valence-corrected chi connectivity index (χ1v) is 6.08. The Morgan fingerprint density at radius 1 is 1.56 bits per heavy atom. The standard InChI is InChI=1S/C13H21NO2/c1-10-2-4-11(5-3-10)8-16-13-9-15-7-6-12(13)14/h2,4-5,10,12-13H,3,6-9,14H2,1H3. The average molecular weight is 223 g/mol. The molecule has 3 atom stereocenters. The summed E-state index contributed by atoms with van der Waals surface area (Å²) >= 11 is 0. The number of nitrogens with two attached hydrogens (primary N) is 1. The first kappa shape index (κ1) is 11.8. The van der Waals surface area contributed by atoms with E-state index in [1.807, 2.05) is 0 Å². The molecule has 0 amide bonds. The second-order valence-corrected chi connectivity index (χ2v) is 4.73. The molecule has 1 aliphatic carbocycles. The van der Waals surface area contributed by atoms with Gasteiger partial charge in [0.15, 0.2) is 0 Å². The zero-order chi connectivity index (χ0) is 11.4. The Bertz CT molecular complexity index is 286. The highest BCUT2D eigenvalue weighted by Crippen LogP contribution is 2.17. The van der Waals surface area contributed by atoms with Crippen LogP contribution >= 0.6 is 0 Å². The second-order valence-electron chi connectivity index (χ2n) is 4.73. The van der Waals surface area contributed by atoms with E-state index in [2.05, 4.69) is 25.2 Å². The van der Waals surface area contributed by atoms with Gasteiger partial charge in [0.25, 0.3) is 0 Å². The van der Waals surface area contributed by atoms with E-state index in [1.165, 1.54) is 5.57 Å². The molecule has 1 heterocycles. The maximum Gasteiger partial charge on any atom is 0.0964 e. The van der Waals surface area contributed by atoms with Crippen LogP contribution in [0.5, 0.6) is 0 Å². The van der Waals surface area contributed by atoms with E-state index >= 15 is 0 Å². The number of ether oxygens (including phenoxy) is 2. The topological polar surface area (TPSA) is 44.5 Å². The van der Waals surface area contributed by atoms with E-state index in [0.717, 1.165) is 19.4 Å². The van der Waals surface area contributed by atoms with Gasteiger partial charge < -0.3 is 15.2 Å². The first-order valence-electron chi connectivity index (χ1n) is 6.08. The van der Waals surface area contributed by atoms with Crippen molar-refractivity contribution >= 4 is 0 Å². The molecule has 0 spiro atoms. The second kappa shape index (κ2) is 5.62. The lowest BCUT2D eigenvalue weighted by atomic mass is 9.99. The van der Waals surface area contributed by atoms with Crippen molar-refractivity contribution in [2.24, 2.45) is 11.7 Å². The zero-order valence-electron chi connectivity index (χ0n) is 9.89. The molecule has 16 heavy (non-hydrogen) atoms. The molecule has 1 saturated heterocycles. The van der Waals surface area contributed by atoms with Crippen LogP contribution in [0.15, 0.2) is 23.8 Å². The predicted molar refractivity (Wildman–Crippen MR) is 64.2 cm³/mol. The van der Waals surface area contributed by atoms with E-state index in [0.29, 0.717) is 19.1 Å². The lowest BCUT2D eigenvalue weighted by Gasteiger charge is -2.29. The van der Waals surface area contributed by atoms with Crippen LogP contribution in [0.25, 0.3) is 0 Å². The number of hydrogen-bond donors (Lipinski definition) is 1. The van der Waals surface area contributed by atoms with E-state index in [-0.39, 0.29) is 12.1 Å². The summed E-state index contributed by atoms with van der Waals surface area (Å²) in [6, 6.07) is 0.126. The summed E-state index contributed by atoms with van der Waals surface area (Å²) in [5, 5.41) is 0. The van der Waals surface area contributed by atoms with Crippen molar-refractivity contribution in [1.82, 2.24) is 0 Å². The minimum Gasteiger partial charge on any atom is -0.379 e. The van der Waals surface area contributed by atoms with Crippen LogP contribution in [-0.2, 0) is 9.47 Å². The Kier molecular flexibility index (Phi) is 4.16. The first-order chi connectivity index (χ1) is 7.75. The molecule has 0 radical (unpaired) electrons. The van der Waals surface area contributed by atoms with E-state index < -0.39 is 0 Å². The summed E-state index contributed by atoms with van der Waals surface area (Å²) in [6.45, 7) is 4.27. The molecule has 0 bridgehead atoms. The smallest absolute Gasteiger partial charge is 0.0964 e. The van der Waals surface area contributed by atoms with Crippen LogP contribution in [0.3, 0.4) is 0 Å². The third-order valence-electron chi connectivity index (χ3n) is 3.21. The number of rotatable bonds is 3. The van der Waals surface area contributed by atoms with Gasteiger partial charge >= 0.3 is 0 Å². The third-order valence-corrected chi connectivity index (χ3v) is 3.21. The molecule has 2 aliphatic rings. The van der Waals surface area contributed by atoms with Gasteiger partial charge in [-0.3, -0.25) is 0 Å². The van der Waals surface area contributed by atoms with E-state index in [9.17, 15) is 0 Å². The molecule has 0 saturated carbocycles. The van der Waals surface area contributed by atoms with Crippen LogP contribution in [0.2, 0.25) is 0 Å². The van der Waals surface area contributed by atoms with E-state index in [4.69, 9.17) is 15.2 Å². The SMILES string of the molecule is CC1C=CC(COC2COCCC2N)=CC1. The van der Waals surface area contributed by atoms with Gasteiger partial charge in [-0.15, -0.1) is 0 Å². The Morgan fingerprint density at radius 2 is 2.44 bits per heavy atom. The van der Waals surface area contributed by atoms with Gasteiger partial charge in [0.2, 0.25) is 0 Å². The Hall–Kier alpha value is -0.640. The summed E-state index contributed by atoms with van der Waals surface area (Å²) in [4.78, 5) is 0. The highest BCUT2D eigenvalue weighted by molar-refractivity contribution is 5.23. The van der Waals surface area contributed by atoms with Crippen LogP contribution < -0.4 is 5.73 Å². The van der Waals surface area contributed by atoms with Crippen molar-refractivity contribution in [3.8, 4) is 0 Å². The third kappa shape index (κ3) is 3.17. The molecule has 0 aromatic heterocycles. The van der Waals surface area contributed by atoms with Gasteiger partial charge in [0, 0.05) is 12.6 Å². The van der Waals surface area contributed by atoms with Crippen molar-refractivity contribution in [1.29, 1.82) is 0 Å². The Morgan fingerprint density at radius 3 is 3.12 bits per heavy atom. The van der Waals surface area contributed by atoms with Crippen molar-refractivity contribution in [2.45, 2.75) is 31.9 Å². The molecule has 3 heteroatoms. The molecule has 90 valence electrons. The highest BCUT2D eigenvalue weighted by atomic mass is 16.5. The fraction of sp³-hybridized carbons (Fsp3) is 0.692. The number of hydrogen-bond acceptors (Lipinski definition) is 3. The largest absolute Gasteiger partial charge is 0.379 e. The van der Waals surface area contributed by atoms with Gasteiger partial charge in [-0.05, 0) is 24.3 Å². The van der Waals surface area contributed by atoms with Crippen molar-refractivity contribution in [2.75, 3.05) is 19.8 Å². The van der Waals surface area contributed by atoms with Crippen LogP contribution in [-0.4, -0.2) is 32.0 Å². The number of allylic oxidation sites excluding steroid dienone is 2. The molecular weight excluding hydrogens is 202 g/mol. The molecular formula is C13H21NO2. The summed E-state index contributed by atoms with van der Waals surface area (Å²) in [7, 11) is 0. The van der Waals surface area contributed by atoms with Crippen LogP contribution in [0, 0.1) is 5.92 Å². The lowest BCUT2D eigenvalue weighted by Crippen LogP contribution is -2.44. The Balaban J connectivity index is 1.76. The molecule has 3 unspecified atom stereocenters. The molecule has 0 aromatic carbocycles. The van der Waals surface area contributed by atoms with Crippen molar-refractivity contribution < 1.29 is 9.47 Å². The fourth-order valence-corrected chi connectivity index (χ4v) is 1.98. The molecule has 2 N–H and O–H groups in total. The molecule has 3 nitrogen and oxygen atoms in total. The summed E-state index contributed by atoms with van der Waals surface area (Å²) < 4.78 is 11.2. The highest BCUT2D eigenvalue weighted by Gasteiger charge is 2.23. The van der Waals surface area contributed by atoms with Crippen LogP contribution in [0.4, 0.5) is 0 Å². The molecule has 1 aliphatic heterocycles. The van der Waals surface area contributed by atoms with Crippen molar-refractivity contribution in [3.05, 3.63) is 23.8 Å². The quantitative estimate of drug-likeness (QED) is 0.791. The van der Waals surface area contributed by atoms with Gasteiger partial charge in [0.05, 0.1) is 19.3 Å². The summed E-state index contributed by atoms with van der Waals surface area (Å²) in [5.41, 5.74) is 7.23. The van der Waals surface area contributed by atoms with E-state index in [1.54, 1.807) is 0 Å². The summed E-state index contributed by atoms with van der Waals surface area (Å²) in [6.07, 6.45) is 8.71. The van der Waals surface area contributed by atoms with Gasteiger partial charge in [-0.25, -0.2) is 0 Å². The monoisotopic (exact) mass is 223 g/mol. The minimum atomic E-state index is 0.0578. The fourth-order valence-electron chi connectivity index (χ4n) is 1.98. The molecule has 1 fully saturated rings. The van der Waals surface area contributed by atoms with Crippen LogP contribution in [0.1, 0.15) is 19.8 Å². The van der Waals surface area contributed by atoms with Gasteiger partial charge in [0.1, 0.15) is 0 Å². The molecule has 2 rings (SSSR count). The van der Waals surface area contributed by atoms with Gasteiger partial charge in [-0.1, -0.05) is 25.2 Å². The minimum absolute atomic E-state index is 0.0578. The lowest BCUT2D eigenvalue weighted by molar-refractivity contribution is -0.0538. The van der Waals surface area contributed by atoms with Crippen molar-refractivity contribution in [3.63, 3.8) is 0 Å². The van der Waals surface area contributed by atoms with Gasteiger partial charge in [-0.2, -0.15) is 0 Å². The normalized spacial score (nSPS) is 34.9. The maximum absolute atomic E-state index is 5.97.